The molecule has 1 amide bonds. The van der Waals surface area contributed by atoms with E-state index in [0.717, 1.165) is 0 Å². The van der Waals surface area contributed by atoms with Crippen LogP contribution in [0, 0.1) is 10.8 Å². The molecule has 20 heavy (non-hydrogen) atoms. The van der Waals surface area contributed by atoms with Crippen LogP contribution < -0.4 is 0 Å². The maximum Gasteiger partial charge on any atom is 0.219 e. The average molecular weight is 289 g/mol. The standard InChI is InChI=1S/C14H29NO3.C2H6/c1-11(17)7-13(3,4)8-15(12(2)18)9-14(5,6)10-16;1-2/h11,16-17H,7-10H2,1-6H3;1-2H3. The first-order valence-electron chi connectivity index (χ1n) is 7.53. The molecule has 0 aliphatic carbocycles. The zero-order chi connectivity index (χ0) is 16.6. The van der Waals surface area contributed by atoms with Crippen molar-refractivity contribution in [1.29, 1.82) is 0 Å². The van der Waals surface area contributed by atoms with E-state index in [4.69, 9.17) is 0 Å². The van der Waals surface area contributed by atoms with Crippen LogP contribution in [0.4, 0.5) is 0 Å². The van der Waals surface area contributed by atoms with Crippen LogP contribution in [0.1, 0.15) is 61.8 Å². The minimum Gasteiger partial charge on any atom is -0.396 e. The summed E-state index contributed by atoms with van der Waals surface area (Å²) < 4.78 is 0. The van der Waals surface area contributed by atoms with Crippen LogP contribution in [0.15, 0.2) is 0 Å². The molecular weight excluding hydrogens is 254 g/mol. The summed E-state index contributed by atoms with van der Waals surface area (Å²) in [5.41, 5.74) is -0.433. The summed E-state index contributed by atoms with van der Waals surface area (Å²) in [6.45, 7) is 16.4. The molecule has 0 saturated carbocycles. The van der Waals surface area contributed by atoms with Crippen LogP contribution in [0.3, 0.4) is 0 Å². The molecule has 0 aromatic rings. The summed E-state index contributed by atoms with van der Waals surface area (Å²) in [7, 11) is 0. The van der Waals surface area contributed by atoms with Crippen molar-refractivity contribution in [3.63, 3.8) is 0 Å². The summed E-state index contributed by atoms with van der Waals surface area (Å²) in [5, 5.41) is 18.8. The zero-order valence-corrected chi connectivity index (χ0v) is 14.7. The van der Waals surface area contributed by atoms with Crippen LogP contribution in [-0.4, -0.2) is 46.8 Å². The van der Waals surface area contributed by atoms with Gasteiger partial charge in [0.1, 0.15) is 0 Å². The molecule has 4 nitrogen and oxygen atoms in total. The van der Waals surface area contributed by atoms with E-state index in [1.807, 2.05) is 41.5 Å². The molecule has 0 radical (unpaired) electrons. The summed E-state index contributed by atoms with van der Waals surface area (Å²) in [5.74, 6) is 0.00944. The highest BCUT2D eigenvalue weighted by atomic mass is 16.3. The van der Waals surface area contributed by atoms with E-state index in [1.165, 1.54) is 0 Å². The second-order valence-electron chi connectivity index (χ2n) is 6.91. The average Bonchev–Trinajstić information content (AvgIpc) is 2.28. The van der Waals surface area contributed by atoms with Gasteiger partial charge in [0.25, 0.3) is 0 Å². The molecule has 0 aromatic carbocycles. The first kappa shape index (κ1) is 21.7. The predicted molar refractivity (Wildman–Crippen MR) is 84.5 cm³/mol. The number of aliphatic hydroxyl groups excluding tert-OH is 2. The number of hydrogen-bond donors (Lipinski definition) is 2. The molecule has 0 aliphatic heterocycles. The molecule has 0 spiro atoms. The van der Waals surface area contributed by atoms with E-state index in [0.29, 0.717) is 19.5 Å². The second kappa shape index (κ2) is 9.35. The van der Waals surface area contributed by atoms with Gasteiger partial charge in [0, 0.05) is 32.0 Å². The Bertz CT molecular complexity index is 273. The molecule has 0 rings (SSSR count). The summed E-state index contributed by atoms with van der Waals surface area (Å²) >= 11 is 0. The lowest BCUT2D eigenvalue weighted by Crippen LogP contribution is -2.44. The van der Waals surface area contributed by atoms with Crippen molar-refractivity contribution in [3.05, 3.63) is 0 Å². The van der Waals surface area contributed by atoms with E-state index in [1.54, 1.807) is 18.7 Å². The Hall–Kier alpha value is -0.610. The van der Waals surface area contributed by atoms with Gasteiger partial charge >= 0.3 is 0 Å². The molecule has 4 heteroatoms. The normalized spacial score (nSPS) is 13.3. The maximum absolute atomic E-state index is 11.7. The molecule has 0 saturated heterocycles. The fraction of sp³-hybridized carbons (Fsp3) is 0.938. The summed E-state index contributed by atoms with van der Waals surface area (Å²) in [4.78, 5) is 13.4. The van der Waals surface area contributed by atoms with E-state index in [-0.39, 0.29) is 29.4 Å². The van der Waals surface area contributed by atoms with Crippen LogP contribution >= 0.6 is 0 Å². The predicted octanol–water partition coefficient (Wildman–Crippen LogP) is 2.68. The van der Waals surface area contributed by atoms with Crippen molar-refractivity contribution in [2.24, 2.45) is 10.8 Å². The van der Waals surface area contributed by atoms with Gasteiger partial charge in [0.15, 0.2) is 0 Å². The Morgan fingerprint density at radius 1 is 1.10 bits per heavy atom. The van der Waals surface area contributed by atoms with E-state index >= 15 is 0 Å². The molecule has 1 unspecified atom stereocenters. The molecule has 0 aliphatic rings. The zero-order valence-electron chi connectivity index (χ0n) is 14.7. The van der Waals surface area contributed by atoms with Crippen LogP contribution in [0.25, 0.3) is 0 Å². The first-order chi connectivity index (χ1) is 8.99. The van der Waals surface area contributed by atoms with E-state index in [2.05, 4.69) is 0 Å². The van der Waals surface area contributed by atoms with E-state index < -0.39 is 0 Å². The minimum atomic E-state index is -0.375. The Labute approximate surface area is 125 Å². The molecule has 0 heterocycles. The quantitative estimate of drug-likeness (QED) is 0.757. The topological polar surface area (TPSA) is 60.8 Å². The number of aliphatic hydroxyl groups is 2. The fourth-order valence-electron chi connectivity index (χ4n) is 2.23. The third-order valence-corrected chi connectivity index (χ3v) is 2.96. The van der Waals surface area contributed by atoms with Crippen molar-refractivity contribution < 1.29 is 15.0 Å². The van der Waals surface area contributed by atoms with Crippen LogP contribution in [-0.2, 0) is 4.79 Å². The lowest BCUT2D eigenvalue weighted by atomic mass is 9.85. The Morgan fingerprint density at radius 2 is 1.50 bits per heavy atom. The first-order valence-corrected chi connectivity index (χ1v) is 7.53. The molecule has 0 fully saturated rings. The van der Waals surface area contributed by atoms with Gasteiger partial charge < -0.3 is 15.1 Å². The third-order valence-electron chi connectivity index (χ3n) is 2.96. The molecule has 2 N–H and O–H groups in total. The second-order valence-corrected chi connectivity index (χ2v) is 6.91. The SMILES string of the molecule is CC.CC(=O)N(CC(C)(C)CO)CC(C)(C)CC(C)O. The van der Waals surface area contributed by atoms with E-state index in [9.17, 15) is 15.0 Å². The van der Waals surface area contributed by atoms with Crippen LogP contribution in [0.5, 0.6) is 0 Å². The Morgan fingerprint density at radius 3 is 1.80 bits per heavy atom. The largest absolute Gasteiger partial charge is 0.396 e. The number of carbonyl (C=O) groups is 1. The molecular formula is C16H35NO3. The summed E-state index contributed by atoms with van der Waals surface area (Å²) in [6.07, 6.45) is 0.274. The van der Waals surface area contributed by atoms with Crippen molar-refractivity contribution in [3.8, 4) is 0 Å². The van der Waals surface area contributed by atoms with Gasteiger partial charge in [-0.15, -0.1) is 0 Å². The fourth-order valence-corrected chi connectivity index (χ4v) is 2.23. The molecule has 0 bridgehead atoms. The smallest absolute Gasteiger partial charge is 0.219 e. The van der Waals surface area contributed by atoms with Gasteiger partial charge in [-0.1, -0.05) is 41.5 Å². The molecule has 1 atom stereocenters. The number of nitrogens with zero attached hydrogens (tertiary/aromatic N) is 1. The minimum absolute atomic E-state index is 0.00944. The summed E-state index contributed by atoms with van der Waals surface area (Å²) in [6, 6.07) is 0. The van der Waals surface area contributed by atoms with Crippen LogP contribution in [0.2, 0.25) is 0 Å². The van der Waals surface area contributed by atoms with Gasteiger partial charge in [-0.2, -0.15) is 0 Å². The van der Waals surface area contributed by atoms with Crippen molar-refractivity contribution >= 4 is 5.91 Å². The van der Waals surface area contributed by atoms with Crippen molar-refractivity contribution in [2.45, 2.75) is 67.9 Å². The Balaban J connectivity index is 0. The Kier molecular flexibility index (Phi) is 10.1. The highest BCUT2D eigenvalue weighted by Gasteiger charge is 2.29. The van der Waals surface area contributed by atoms with Gasteiger partial charge in [0.2, 0.25) is 5.91 Å². The monoisotopic (exact) mass is 289 g/mol. The number of rotatable bonds is 7. The van der Waals surface area contributed by atoms with Crippen molar-refractivity contribution in [1.82, 2.24) is 4.90 Å². The number of hydrogen-bond acceptors (Lipinski definition) is 3. The number of amides is 1. The maximum atomic E-state index is 11.7. The molecule has 0 aromatic heterocycles. The lowest BCUT2D eigenvalue weighted by Gasteiger charge is -2.37. The van der Waals surface area contributed by atoms with Crippen molar-refractivity contribution in [2.75, 3.05) is 19.7 Å². The van der Waals surface area contributed by atoms with Gasteiger partial charge in [-0.05, 0) is 18.8 Å². The van der Waals surface area contributed by atoms with Gasteiger partial charge in [-0.3, -0.25) is 4.79 Å². The highest BCUT2D eigenvalue weighted by molar-refractivity contribution is 5.73. The number of carbonyl (C=O) groups excluding carboxylic acids is 1. The highest BCUT2D eigenvalue weighted by Crippen LogP contribution is 2.26. The van der Waals surface area contributed by atoms with Gasteiger partial charge in [-0.25, -0.2) is 0 Å². The van der Waals surface area contributed by atoms with Gasteiger partial charge in [0.05, 0.1) is 6.10 Å². The third kappa shape index (κ3) is 10.2. The lowest BCUT2D eigenvalue weighted by molar-refractivity contribution is -0.132. The molecule has 122 valence electrons.